The predicted molar refractivity (Wildman–Crippen MR) is 109 cm³/mol. The highest BCUT2D eigenvalue weighted by molar-refractivity contribution is 7.92. The molecule has 0 aliphatic rings. The van der Waals surface area contributed by atoms with Gasteiger partial charge in [-0.2, -0.15) is 0 Å². The molecule has 0 spiro atoms. The Morgan fingerprint density at radius 3 is 2.17 bits per heavy atom. The van der Waals surface area contributed by atoms with E-state index in [-0.39, 0.29) is 16.8 Å². The van der Waals surface area contributed by atoms with Crippen LogP contribution in [-0.2, 0) is 14.8 Å². The van der Waals surface area contributed by atoms with Crippen LogP contribution in [0.25, 0.3) is 0 Å². The second kappa shape index (κ2) is 8.82. The number of methoxy groups -OCH3 is 3. The fourth-order valence-corrected chi connectivity index (χ4v) is 2.99. The van der Waals surface area contributed by atoms with E-state index in [0.29, 0.717) is 17.2 Å². The van der Waals surface area contributed by atoms with Crippen molar-refractivity contribution in [2.75, 3.05) is 44.3 Å². The summed E-state index contributed by atoms with van der Waals surface area (Å²) in [6.45, 7) is 0. The van der Waals surface area contributed by atoms with Crippen LogP contribution in [0, 0.1) is 0 Å². The first-order valence-electron chi connectivity index (χ1n) is 8.32. The minimum absolute atomic E-state index is 0.0721. The monoisotopic (exact) mass is 422 g/mol. The zero-order valence-corrected chi connectivity index (χ0v) is 17.5. The highest BCUT2D eigenvalue weighted by atomic mass is 32.2. The zero-order valence-electron chi connectivity index (χ0n) is 16.7. The number of carbonyl (C=O) groups is 2. The number of sulfonamides is 1. The summed E-state index contributed by atoms with van der Waals surface area (Å²) in [7, 11) is 1.96. The lowest BCUT2D eigenvalue weighted by atomic mass is 10.1. The quantitative estimate of drug-likeness (QED) is 0.681. The molecule has 0 saturated carbocycles. The zero-order chi connectivity index (χ0) is 21.8. The molecule has 0 radical (unpaired) electrons. The van der Waals surface area contributed by atoms with Crippen molar-refractivity contribution in [3.8, 4) is 11.5 Å². The van der Waals surface area contributed by atoms with Crippen molar-refractivity contribution in [2.24, 2.45) is 0 Å². The van der Waals surface area contributed by atoms with E-state index in [4.69, 9.17) is 14.2 Å². The van der Waals surface area contributed by atoms with Gasteiger partial charge in [0.25, 0.3) is 5.91 Å². The van der Waals surface area contributed by atoms with Gasteiger partial charge in [0.2, 0.25) is 10.0 Å². The Morgan fingerprint density at radius 1 is 1.00 bits per heavy atom. The summed E-state index contributed by atoms with van der Waals surface area (Å²) in [5, 5.41) is 2.63. The van der Waals surface area contributed by atoms with E-state index in [2.05, 4.69) is 5.32 Å². The molecule has 0 aliphatic carbocycles. The van der Waals surface area contributed by atoms with Crippen molar-refractivity contribution >= 4 is 33.3 Å². The van der Waals surface area contributed by atoms with Crippen LogP contribution in [0.15, 0.2) is 36.4 Å². The van der Waals surface area contributed by atoms with Gasteiger partial charge in [-0.05, 0) is 18.2 Å². The summed E-state index contributed by atoms with van der Waals surface area (Å²) in [4.78, 5) is 24.9. The van der Waals surface area contributed by atoms with Crippen molar-refractivity contribution in [1.29, 1.82) is 0 Å². The van der Waals surface area contributed by atoms with Gasteiger partial charge in [0.15, 0.2) is 11.5 Å². The van der Waals surface area contributed by atoms with E-state index in [1.54, 1.807) is 12.1 Å². The lowest BCUT2D eigenvalue weighted by Crippen LogP contribution is -2.25. The molecule has 0 unspecified atom stereocenters. The number of rotatable bonds is 7. The molecule has 2 rings (SSSR count). The number of hydrogen-bond donors (Lipinski definition) is 1. The van der Waals surface area contributed by atoms with E-state index in [0.717, 1.165) is 10.6 Å². The lowest BCUT2D eigenvalue weighted by molar-refractivity contribution is 0.0601. The summed E-state index contributed by atoms with van der Waals surface area (Å²) in [6.07, 6.45) is 1.06. The molecule has 0 bridgehead atoms. The molecule has 2 aromatic rings. The smallest absolute Gasteiger partial charge is 0.340 e. The molecule has 10 heteroatoms. The third-order valence-corrected chi connectivity index (χ3v) is 5.35. The molecule has 156 valence electrons. The van der Waals surface area contributed by atoms with Crippen LogP contribution in [0.2, 0.25) is 0 Å². The average molecular weight is 422 g/mol. The van der Waals surface area contributed by atoms with Gasteiger partial charge in [-0.1, -0.05) is 6.07 Å². The second-order valence-electron chi connectivity index (χ2n) is 5.98. The van der Waals surface area contributed by atoms with Crippen molar-refractivity contribution in [3.63, 3.8) is 0 Å². The molecule has 9 nitrogen and oxygen atoms in total. The number of nitrogens with one attached hydrogen (secondary N) is 1. The summed E-state index contributed by atoms with van der Waals surface area (Å²) in [5.74, 6) is -0.623. The molecule has 0 aromatic heterocycles. The second-order valence-corrected chi connectivity index (χ2v) is 7.99. The van der Waals surface area contributed by atoms with Crippen LogP contribution < -0.4 is 19.1 Å². The topological polar surface area (TPSA) is 111 Å². The van der Waals surface area contributed by atoms with Crippen molar-refractivity contribution in [1.82, 2.24) is 0 Å². The summed E-state index contributed by atoms with van der Waals surface area (Å²) >= 11 is 0. The Bertz CT molecular complexity index is 1030. The number of nitrogens with zero attached hydrogens (tertiary/aromatic N) is 1. The molecule has 29 heavy (non-hydrogen) atoms. The molecular formula is C19H22N2O7S. The van der Waals surface area contributed by atoms with E-state index in [9.17, 15) is 18.0 Å². The van der Waals surface area contributed by atoms with Gasteiger partial charge in [-0.15, -0.1) is 0 Å². The largest absolute Gasteiger partial charge is 0.493 e. The van der Waals surface area contributed by atoms with Crippen LogP contribution in [0.4, 0.5) is 11.4 Å². The molecule has 0 heterocycles. The van der Waals surface area contributed by atoms with Crippen LogP contribution in [0.1, 0.15) is 20.7 Å². The summed E-state index contributed by atoms with van der Waals surface area (Å²) in [6, 6.07) is 8.90. The first kappa shape index (κ1) is 22.0. The van der Waals surface area contributed by atoms with Crippen molar-refractivity contribution < 1.29 is 32.2 Å². The molecule has 0 fully saturated rings. The van der Waals surface area contributed by atoms with Gasteiger partial charge in [0.05, 0.1) is 44.5 Å². The minimum Gasteiger partial charge on any atom is -0.493 e. The SMILES string of the molecule is COC(=O)c1cc(OC)c(OC)cc1NC(=O)c1cccc(N(C)S(C)(=O)=O)c1. The Labute approximate surface area is 169 Å². The Hall–Kier alpha value is -3.27. The number of amides is 1. The molecule has 0 aliphatic heterocycles. The number of hydrogen-bond acceptors (Lipinski definition) is 7. The maximum atomic E-state index is 12.8. The standard InChI is InChI=1S/C19H22N2O7S/c1-21(29(5,24)25)13-8-6-7-12(9-13)18(22)20-15-11-17(27-3)16(26-2)10-14(15)19(23)28-4/h6-11H,1-5H3,(H,20,22). The van der Waals surface area contributed by atoms with Gasteiger partial charge < -0.3 is 19.5 Å². The lowest BCUT2D eigenvalue weighted by Gasteiger charge is -2.18. The normalized spacial score (nSPS) is 10.8. The molecule has 0 saturated heterocycles. The third kappa shape index (κ3) is 4.96. The summed E-state index contributed by atoms with van der Waals surface area (Å²) in [5.41, 5.74) is 0.744. The highest BCUT2D eigenvalue weighted by Crippen LogP contribution is 2.34. The number of carbonyl (C=O) groups excluding carboxylic acids is 2. The van der Waals surface area contributed by atoms with Crippen LogP contribution in [0.3, 0.4) is 0 Å². The van der Waals surface area contributed by atoms with E-state index < -0.39 is 21.9 Å². The van der Waals surface area contributed by atoms with E-state index in [1.807, 2.05) is 0 Å². The molecule has 0 atom stereocenters. The van der Waals surface area contributed by atoms with E-state index >= 15 is 0 Å². The van der Waals surface area contributed by atoms with Gasteiger partial charge >= 0.3 is 5.97 Å². The molecule has 2 aromatic carbocycles. The van der Waals surface area contributed by atoms with E-state index in [1.165, 1.54) is 52.6 Å². The van der Waals surface area contributed by atoms with Gasteiger partial charge in [-0.25, -0.2) is 13.2 Å². The Morgan fingerprint density at radius 2 is 1.62 bits per heavy atom. The van der Waals surface area contributed by atoms with Crippen LogP contribution in [0.5, 0.6) is 11.5 Å². The number of anilines is 2. The average Bonchev–Trinajstić information content (AvgIpc) is 2.71. The number of benzene rings is 2. The fraction of sp³-hybridized carbons (Fsp3) is 0.263. The number of esters is 1. The first-order valence-corrected chi connectivity index (χ1v) is 10.2. The van der Waals surface area contributed by atoms with Gasteiger partial charge in [0.1, 0.15) is 0 Å². The van der Waals surface area contributed by atoms with Crippen LogP contribution in [-0.4, -0.2) is 54.9 Å². The van der Waals surface area contributed by atoms with Crippen LogP contribution >= 0.6 is 0 Å². The minimum atomic E-state index is -3.49. The molecular weight excluding hydrogens is 400 g/mol. The molecule has 1 N–H and O–H groups in total. The Kier molecular flexibility index (Phi) is 6.70. The number of ether oxygens (including phenoxy) is 3. The van der Waals surface area contributed by atoms with Crippen molar-refractivity contribution in [3.05, 3.63) is 47.5 Å². The molecule has 1 amide bonds. The maximum absolute atomic E-state index is 12.8. The fourth-order valence-electron chi connectivity index (χ4n) is 2.49. The third-order valence-electron chi connectivity index (χ3n) is 4.15. The Balaban J connectivity index is 2.43. The highest BCUT2D eigenvalue weighted by Gasteiger charge is 2.20. The van der Waals surface area contributed by atoms with Gasteiger partial charge in [-0.3, -0.25) is 9.10 Å². The summed E-state index contributed by atoms with van der Waals surface area (Å²) < 4.78 is 39.7. The van der Waals surface area contributed by atoms with Crippen molar-refractivity contribution in [2.45, 2.75) is 0 Å². The maximum Gasteiger partial charge on any atom is 0.340 e. The predicted octanol–water partition coefficient (Wildman–Crippen LogP) is 2.14. The first-order chi connectivity index (χ1) is 13.6. The van der Waals surface area contributed by atoms with Gasteiger partial charge in [0, 0.05) is 24.7 Å².